The van der Waals surface area contributed by atoms with E-state index in [-0.39, 0.29) is 13.2 Å². The van der Waals surface area contributed by atoms with E-state index in [2.05, 4.69) is 25.6 Å². The molecule has 0 aliphatic carbocycles. The number of benzene rings is 2. The Labute approximate surface area is 218 Å². The maximum Gasteiger partial charge on any atom is 0.357 e. The Hall–Kier alpha value is -3.58. The highest BCUT2D eigenvalue weighted by molar-refractivity contribution is 7.54. The van der Waals surface area contributed by atoms with E-state index < -0.39 is 13.4 Å². The molecule has 37 heavy (non-hydrogen) atoms. The van der Waals surface area contributed by atoms with Crippen LogP contribution >= 0.6 is 7.60 Å². The topological polar surface area (TPSA) is 98.3 Å². The average Bonchev–Trinajstić information content (AvgIpc) is 2.90. The summed E-state index contributed by atoms with van der Waals surface area (Å²) in [4.78, 5) is 13.2. The summed E-state index contributed by atoms with van der Waals surface area (Å²) in [5, 5.41) is 6.73. The average molecular weight is 518 g/mol. The van der Waals surface area contributed by atoms with Crippen LogP contribution in [0.2, 0.25) is 0 Å². The van der Waals surface area contributed by atoms with Gasteiger partial charge in [-0.3, -0.25) is 9.55 Å². The fourth-order valence-corrected chi connectivity index (χ4v) is 5.80. The molecule has 9 heteroatoms. The predicted molar refractivity (Wildman–Crippen MR) is 148 cm³/mol. The van der Waals surface area contributed by atoms with Crippen LogP contribution in [0.15, 0.2) is 79.3 Å². The van der Waals surface area contributed by atoms with Gasteiger partial charge in [0, 0.05) is 35.5 Å². The van der Waals surface area contributed by atoms with E-state index in [0.717, 1.165) is 39.3 Å². The molecule has 2 heterocycles. The van der Waals surface area contributed by atoms with Crippen molar-refractivity contribution in [2.45, 2.75) is 33.5 Å². The van der Waals surface area contributed by atoms with Gasteiger partial charge < -0.3 is 19.7 Å². The summed E-state index contributed by atoms with van der Waals surface area (Å²) in [6.07, 6.45) is 5.21. The molecule has 0 fully saturated rings. The van der Waals surface area contributed by atoms with Crippen molar-refractivity contribution in [1.82, 2.24) is 15.0 Å². The Morgan fingerprint density at radius 2 is 1.70 bits per heavy atom. The number of rotatable bonds is 11. The predicted octanol–water partition coefficient (Wildman–Crippen LogP) is 7.28. The summed E-state index contributed by atoms with van der Waals surface area (Å²) < 4.78 is 25.3. The standard InChI is InChI=1S/C28H32N5O3P/c1-5-35-37(34,36-6-2)27(22-12-9-20(3)10-13-22)31-24-14-11-21(4)26(18-24)33-28-30-17-15-25(32-28)23-8-7-16-29-19-23/h7-19,27,31H,5-6H2,1-4H3,(H,30,32,33). The molecule has 4 rings (SSSR count). The van der Waals surface area contributed by atoms with Gasteiger partial charge in [0.25, 0.3) is 0 Å². The van der Waals surface area contributed by atoms with Crippen molar-refractivity contribution in [3.05, 3.63) is 95.9 Å². The van der Waals surface area contributed by atoms with Crippen LogP contribution in [0.3, 0.4) is 0 Å². The smallest absolute Gasteiger partial charge is 0.357 e. The van der Waals surface area contributed by atoms with Gasteiger partial charge in [-0.05, 0) is 69.2 Å². The summed E-state index contributed by atoms with van der Waals surface area (Å²) in [5.41, 5.74) is 6.18. The van der Waals surface area contributed by atoms with E-state index in [1.54, 1.807) is 18.6 Å². The summed E-state index contributed by atoms with van der Waals surface area (Å²) in [6.45, 7) is 8.18. The van der Waals surface area contributed by atoms with Crippen LogP contribution in [0.25, 0.3) is 11.3 Å². The summed E-state index contributed by atoms with van der Waals surface area (Å²) in [6, 6.07) is 19.4. The molecule has 192 valence electrons. The van der Waals surface area contributed by atoms with Crippen molar-refractivity contribution in [3.63, 3.8) is 0 Å². The largest absolute Gasteiger partial charge is 0.368 e. The molecule has 8 nitrogen and oxygen atoms in total. The summed E-state index contributed by atoms with van der Waals surface area (Å²) in [5.74, 6) is -0.222. The van der Waals surface area contributed by atoms with Crippen molar-refractivity contribution in [2.24, 2.45) is 0 Å². The fraction of sp³-hybridized carbons (Fsp3) is 0.250. The van der Waals surface area contributed by atoms with Gasteiger partial charge in [0.05, 0.1) is 18.9 Å². The van der Waals surface area contributed by atoms with E-state index in [4.69, 9.17) is 9.05 Å². The lowest BCUT2D eigenvalue weighted by atomic mass is 10.1. The van der Waals surface area contributed by atoms with Crippen LogP contribution in [0.5, 0.6) is 0 Å². The molecule has 0 spiro atoms. The second kappa shape index (κ2) is 12.1. The molecule has 0 radical (unpaired) electrons. The molecule has 1 unspecified atom stereocenters. The van der Waals surface area contributed by atoms with Crippen LogP contribution in [-0.2, 0) is 13.6 Å². The first-order valence-corrected chi connectivity index (χ1v) is 13.9. The number of pyridine rings is 1. The first-order chi connectivity index (χ1) is 17.9. The highest BCUT2D eigenvalue weighted by Gasteiger charge is 2.37. The van der Waals surface area contributed by atoms with Crippen LogP contribution in [0.1, 0.15) is 36.3 Å². The molecule has 4 aromatic rings. The molecule has 0 saturated carbocycles. The third-order valence-electron chi connectivity index (χ3n) is 5.73. The van der Waals surface area contributed by atoms with Crippen LogP contribution in [-0.4, -0.2) is 28.2 Å². The van der Waals surface area contributed by atoms with E-state index in [1.165, 1.54) is 0 Å². The maximum atomic E-state index is 13.9. The number of hydrogen-bond donors (Lipinski definition) is 2. The zero-order chi connectivity index (χ0) is 26.3. The first kappa shape index (κ1) is 26.5. The highest BCUT2D eigenvalue weighted by Crippen LogP contribution is 2.60. The second-order valence-corrected chi connectivity index (χ2v) is 10.6. The molecule has 0 bridgehead atoms. The number of aromatic nitrogens is 3. The van der Waals surface area contributed by atoms with Crippen molar-refractivity contribution in [1.29, 1.82) is 0 Å². The lowest BCUT2D eigenvalue weighted by Gasteiger charge is -2.28. The minimum atomic E-state index is -3.53. The Kier molecular flexibility index (Phi) is 8.66. The van der Waals surface area contributed by atoms with Gasteiger partial charge in [0.2, 0.25) is 5.95 Å². The van der Waals surface area contributed by atoms with Gasteiger partial charge in [0.15, 0.2) is 5.78 Å². The zero-order valence-electron chi connectivity index (χ0n) is 21.5. The normalized spacial score (nSPS) is 12.2. The van der Waals surface area contributed by atoms with Gasteiger partial charge in [-0.25, -0.2) is 9.97 Å². The minimum absolute atomic E-state index is 0.270. The summed E-state index contributed by atoms with van der Waals surface area (Å²) in [7, 11) is -3.53. The van der Waals surface area contributed by atoms with Gasteiger partial charge in [-0.1, -0.05) is 35.9 Å². The number of hydrogen-bond acceptors (Lipinski definition) is 8. The Bertz CT molecular complexity index is 1360. The number of nitrogens with one attached hydrogen (secondary N) is 2. The maximum absolute atomic E-state index is 13.9. The molecule has 0 saturated heterocycles. The Morgan fingerprint density at radius 1 is 0.946 bits per heavy atom. The highest BCUT2D eigenvalue weighted by atomic mass is 31.2. The molecule has 1 atom stereocenters. The van der Waals surface area contributed by atoms with Gasteiger partial charge in [-0.15, -0.1) is 0 Å². The molecule has 2 aromatic carbocycles. The van der Waals surface area contributed by atoms with Crippen molar-refractivity contribution >= 4 is 24.9 Å². The quantitative estimate of drug-likeness (QED) is 0.200. The van der Waals surface area contributed by atoms with E-state index in [0.29, 0.717) is 5.95 Å². The molecule has 0 amide bonds. The lowest BCUT2D eigenvalue weighted by molar-refractivity contribution is 0.214. The van der Waals surface area contributed by atoms with Crippen LogP contribution in [0.4, 0.5) is 17.3 Å². The number of anilines is 3. The third kappa shape index (κ3) is 6.60. The SMILES string of the molecule is CCOP(=O)(OCC)C(Nc1ccc(C)c(Nc2nccc(-c3cccnc3)n2)c1)c1ccc(C)cc1. The molecule has 0 aliphatic heterocycles. The van der Waals surface area contributed by atoms with Crippen molar-refractivity contribution in [2.75, 3.05) is 23.8 Å². The first-order valence-electron chi connectivity index (χ1n) is 12.2. The monoisotopic (exact) mass is 517 g/mol. The Morgan fingerprint density at radius 3 is 2.38 bits per heavy atom. The van der Waals surface area contributed by atoms with Crippen molar-refractivity contribution < 1.29 is 13.6 Å². The third-order valence-corrected chi connectivity index (χ3v) is 8.02. The molecule has 2 aromatic heterocycles. The van der Waals surface area contributed by atoms with E-state index >= 15 is 0 Å². The summed E-state index contributed by atoms with van der Waals surface area (Å²) >= 11 is 0. The Balaban J connectivity index is 1.65. The van der Waals surface area contributed by atoms with Crippen LogP contribution < -0.4 is 10.6 Å². The minimum Gasteiger partial charge on any atom is -0.368 e. The molecular weight excluding hydrogens is 485 g/mol. The van der Waals surface area contributed by atoms with Gasteiger partial charge in [0.1, 0.15) is 0 Å². The van der Waals surface area contributed by atoms with Gasteiger partial charge in [-0.2, -0.15) is 0 Å². The van der Waals surface area contributed by atoms with E-state index in [1.807, 2.05) is 88.4 Å². The zero-order valence-corrected chi connectivity index (χ0v) is 22.4. The number of nitrogens with zero attached hydrogens (tertiary/aromatic N) is 3. The van der Waals surface area contributed by atoms with E-state index in [9.17, 15) is 4.57 Å². The number of aryl methyl sites for hydroxylation is 2. The molecule has 2 N–H and O–H groups in total. The van der Waals surface area contributed by atoms with Crippen molar-refractivity contribution in [3.8, 4) is 11.3 Å². The van der Waals surface area contributed by atoms with Crippen LogP contribution in [0, 0.1) is 13.8 Å². The molecule has 0 aliphatic rings. The van der Waals surface area contributed by atoms with Gasteiger partial charge >= 0.3 is 7.60 Å². The lowest BCUT2D eigenvalue weighted by Crippen LogP contribution is -2.15. The second-order valence-electron chi connectivity index (χ2n) is 8.49. The fourth-order valence-electron chi connectivity index (χ4n) is 3.86. The molecular formula is C28H32N5O3P.